The van der Waals surface area contributed by atoms with Crippen LogP contribution in [0.25, 0.3) is 22.5 Å². The molecule has 0 fully saturated rings. The first-order chi connectivity index (χ1) is 14.8. The number of fused-ring (bicyclic) bond motifs is 1. The van der Waals surface area contributed by atoms with Gasteiger partial charge in [0.2, 0.25) is 18.3 Å². The molecule has 3 aromatic rings. The van der Waals surface area contributed by atoms with Crippen LogP contribution in [0, 0.1) is 0 Å². The Bertz CT molecular complexity index is 1170. The molecule has 31 heavy (non-hydrogen) atoms. The number of aromatic amines is 1. The van der Waals surface area contributed by atoms with Gasteiger partial charge in [0.25, 0.3) is 0 Å². The Hall–Kier alpha value is -3.47. The van der Waals surface area contributed by atoms with Crippen molar-refractivity contribution in [3.05, 3.63) is 24.3 Å². The summed E-state index contributed by atoms with van der Waals surface area (Å²) >= 11 is 0. The van der Waals surface area contributed by atoms with Gasteiger partial charge in [-0.3, -0.25) is 9.79 Å². The van der Waals surface area contributed by atoms with Crippen LogP contribution in [0.3, 0.4) is 0 Å². The third-order valence-corrected chi connectivity index (χ3v) is 4.85. The summed E-state index contributed by atoms with van der Waals surface area (Å²) in [5, 5.41) is 11.0. The lowest BCUT2D eigenvalue weighted by Crippen LogP contribution is -1.98. The summed E-state index contributed by atoms with van der Waals surface area (Å²) in [7, 11) is -0.658. The quantitative estimate of drug-likeness (QED) is 0.454. The Morgan fingerprint density at radius 1 is 0.903 bits per heavy atom. The van der Waals surface area contributed by atoms with Crippen LogP contribution in [0.2, 0.25) is 0 Å². The summed E-state index contributed by atoms with van der Waals surface area (Å²) < 4.78 is 43.0. The van der Waals surface area contributed by atoms with Gasteiger partial charge in [-0.25, -0.2) is 4.57 Å². The Balaban J connectivity index is 1.86. The van der Waals surface area contributed by atoms with E-state index in [9.17, 15) is 14.4 Å². The number of aromatic nitrogens is 3. The zero-order valence-electron chi connectivity index (χ0n) is 16.6. The molecule has 2 aromatic carbocycles. The number of rotatable bonds is 7. The fourth-order valence-electron chi connectivity index (χ4n) is 3.16. The number of H-pyrrole nitrogens is 1. The van der Waals surface area contributed by atoms with E-state index in [1.807, 2.05) is 0 Å². The van der Waals surface area contributed by atoms with Gasteiger partial charge in [-0.15, -0.1) is 0 Å². The van der Waals surface area contributed by atoms with Gasteiger partial charge in [0, 0.05) is 11.1 Å². The van der Waals surface area contributed by atoms with Crippen molar-refractivity contribution in [2.24, 2.45) is 0 Å². The van der Waals surface area contributed by atoms with Gasteiger partial charge in [0.05, 0.1) is 21.3 Å². The van der Waals surface area contributed by atoms with Crippen LogP contribution in [-0.4, -0.2) is 53.3 Å². The Kier molecular flexibility index (Phi) is 5.36. The maximum Gasteiger partial charge on any atom is 0.524 e. The van der Waals surface area contributed by atoms with E-state index in [1.165, 1.54) is 27.4 Å². The van der Waals surface area contributed by atoms with Gasteiger partial charge in [-0.05, 0) is 24.3 Å². The van der Waals surface area contributed by atoms with E-state index in [2.05, 4.69) is 15.4 Å². The fraction of sp³-hybridized carbons (Fsp3) is 0.222. The van der Waals surface area contributed by atoms with Crippen LogP contribution in [-0.2, 0) is 4.57 Å². The smallest absolute Gasteiger partial charge is 0.493 e. The minimum Gasteiger partial charge on any atom is -0.493 e. The van der Waals surface area contributed by atoms with Crippen LogP contribution in [0.4, 0.5) is 0 Å². The Morgan fingerprint density at radius 2 is 1.52 bits per heavy atom. The zero-order chi connectivity index (χ0) is 22.2. The highest BCUT2D eigenvalue weighted by Crippen LogP contribution is 2.49. The van der Waals surface area contributed by atoms with Gasteiger partial charge < -0.3 is 28.2 Å². The average Bonchev–Trinajstić information content (AvgIpc) is 3.40. The topological polar surface area (TPSA) is 154 Å². The van der Waals surface area contributed by atoms with Crippen LogP contribution in [0.15, 0.2) is 24.3 Å². The highest BCUT2D eigenvalue weighted by molar-refractivity contribution is 7.46. The number of nitrogens with one attached hydrogen (secondary N) is 1. The molecule has 1 aliphatic rings. The molecule has 1 aliphatic heterocycles. The highest BCUT2D eigenvalue weighted by atomic mass is 31.2. The predicted molar refractivity (Wildman–Crippen MR) is 106 cm³/mol. The standard InChI is InChI=1S/C18H18N3O9P/c1-25-11-4-10(7-14(17(11)27-3)30-31(22,23)24)16-15(19-21-20-16)9-5-12(26-2)18-13(6-9)28-8-29-18/h4-7H,8H2,1-3H3,(H,19,20,21)(H2,22,23,24). The van der Waals surface area contributed by atoms with Crippen molar-refractivity contribution < 1.29 is 42.6 Å². The number of hydrogen-bond acceptors (Lipinski definition) is 9. The molecule has 12 nitrogen and oxygen atoms in total. The van der Waals surface area contributed by atoms with E-state index in [0.29, 0.717) is 39.8 Å². The maximum atomic E-state index is 11.4. The van der Waals surface area contributed by atoms with Crippen LogP contribution >= 0.6 is 7.82 Å². The van der Waals surface area contributed by atoms with Crippen LogP contribution in [0.5, 0.6) is 34.5 Å². The molecule has 2 heterocycles. The SMILES string of the molecule is COc1cc(-c2n[nH]nc2-c2cc(OC)c3c(c2)OCO3)cc(OP(=O)(O)O)c1OC. The van der Waals surface area contributed by atoms with E-state index in [0.717, 1.165) is 0 Å². The molecule has 0 bridgehead atoms. The molecule has 1 aromatic heterocycles. The normalized spacial score (nSPS) is 12.5. The van der Waals surface area contributed by atoms with Crippen molar-refractivity contribution in [3.63, 3.8) is 0 Å². The van der Waals surface area contributed by atoms with Crippen LogP contribution in [0.1, 0.15) is 0 Å². The average molecular weight is 451 g/mol. The molecule has 3 N–H and O–H groups in total. The molecule has 0 saturated heterocycles. The van der Waals surface area contributed by atoms with E-state index in [-0.39, 0.29) is 24.0 Å². The zero-order valence-corrected chi connectivity index (χ0v) is 17.5. The number of hydrogen-bond donors (Lipinski definition) is 3. The lowest BCUT2D eigenvalue weighted by atomic mass is 10.0. The first kappa shape index (κ1) is 20.8. The minimum absolute atomic E-state index is 0.0179. The Labute approximate surface area is 175 Å². The molecular formula is C18H18N3O9P. The van der Waals surface area contributed by atoms with Gasteiger partial charge in [-0.1, -0.05) is 0 Å². The van der Waals surface area contributed by atoms with Crippen molar-refractivity contribution in [2.75, 3.05) is 28.1 Å². The molecule has 0 atom stereocenters. The van der Waals surface area contributed by atoms with Crippen molar-refractivity contribution in [1.82, 2.24) is 15.4 Å². The van der Waals surface area contributed by atoms with Gasteiger partial charge in [0.1, 0.15) is 11.4 Å². The van der Waals surface area contributed by atoms with Gasteiger partial charge in [-0.2, -0.15) is 15.4 Å². The van der Waals surface area contributed by atoms with E-state index >= 15 is 0 Å². The first-order valence-electron chi connectivity index (χ1n) is 8.75. The summed E-state index contributed by atoms with van der Waals surface area (Å²) in [6.45, 7) is 0.0690. The van der Waals surface area contributed by atoms with E-state index in [4.69, 9.17) is 28.2 Å². The number of phosphoric ester groups is 1. The molecular weight excluding hydrogens is 433 g/mol. The molecule has 4 rings (SSSR count). The van der Waals surface area contributed by atoms with Gasteiger partial charge >= 0.3 is 7.82 Å². The number of methoxy groups -OCH3 is 3. The molecule has 0 spiro atoms. The van der Waals surface area contributed by atoms with Crippen LogP contribution < -0.4 is 28.2 Å². The van der Waals surface area contributed by atoms with E-state index in [1.54, 1.807) is 18.2 Å². The molecule has 0 aliphatic carbocycles. The Morgan fingerprint density at radius 3 is 2.13 bits per heavy atom. The number of phosphoric acid groups is 1. The number of benzene rings is 2. The second-order valence-corrected chi connectivity index (χ2v) is 7.39. The fourth-order valence-corrected chi connectivity index (χ4v) is 3.55. The molecule has 0 radical (unpaired) electrons. The van der Waals surface area contributed by atoms with Crippen molar-refractivity contribution >= 4 is 7.82 Å². The van der Waals surface area contributed by atoms with Crippen molar-refractivity contribution in [2.45, 2.75) is 0 Å². The molecule has 0 unspecified atom stereocenters. The predicted octanol–water partition coefficient (Wildman–Crippen LogP) is 2.36. The molecule has 0 amide bonds. The second-order valence-electron chi connectivity index (χ2n) is 6.22. The number of ether oxygens (including phenoxy) is 5. The highest BCUT2D eigenvalue weighted by Gasteiger charge is 2.26. The lowest BCUT2D eigenvalue weighted by Gasteiger charge is -2.15. The van der Waals surface area contributed by atoms with Gasteiger partial charge in [0.15, 0.2) is 23.0 Å². The summed E-state index contributed by atoms with van der Waals surface area (Å²) in [5.74, 6) is 1.41. The van der Waals surface area contributed by atoms with E-state index < -0.39 is 7.82 Å². The molecule has 13 heteroatoms. The molecule has 164 valence electrons. The van der Waals surface area contributed by atoms with Crippen molar-refractivity contribution in [3.8, 4) is 57.0 Å². The summed E-state index contributed by atoms with van der Waals surface area (Å²) in [6, 6.07) is 6.38. The first-order valence-corrected chi connectivity index (χ1v) is 10.3. The second kappa shape index (κ2) is 7.99. The monoisotopic (exact) mass is 451 g/mol. The minimum atomic E-state index is -4.87. The summed E-state index contributed by atoms with van der Waals surface area (Å²) in [5.41, 5.74) is 1.79. The maximum absolute atomic E-state index is 11.4. The van der Waals surface area contributed by atoms with Crippen molar-refractivity contribution in [1.29, 1.82) is 0 Å². The summed E-state index contributed by atoms with van der Waals surface area (Å²) in [6.07, 6.45) is 0. The lowest BCUT2D eigenvalue weighted by molar-refractivity contribution is 0.171. The third kappa shape index (κ3) is 3.96. The summed E-state index contributed by atoms with van der Waals surface area (Å²) in [4.78, 5) is 18.5. The number of nitrogens with zero attached hydrogens (tertiary/aromatic N) is 2. The largest absolute Gasteiger partial charge is 0.524 e. The third-order valence-electron chi connectivity index (χ3n) is 4.42. The molecule has 0 saturated carbocycles.